The Bertz CT molecular complexity index is 1810. The maximum absolute atomic E-state index is 13.6. The highest BCUT2D eigenvalue weighted by atomic mass is 19.4. The normalized spacial score (nSPS) is 11.5. The van der Waals surface area contributed by atoms with Gasteiger partial charge in [0.05, 0.1) is 28.5 Å². The van der Waals surface area contributed by atoms with E-state index >= 15 is 0 Å². The van der Waals surface area contributed by atoms with Crippen LogP contribution in [-0.2, 0) is 4.79 Å². The van der Waals surface area contributed by atoms with Gasteiger partial charge in [-0.2, -0.15) is 23.0 Å². The van der Waals surface area contributed by atoms with Crippen molar-refractivity contribution in [2.75, 3.05) is 5.32 Å². The smallest absolute Gasteiger partial charge is 0.444 e. The molecule has 3 aromatic carbocycles. The Balaban J connectivity index is 1.83. The first-order valence-electron chi connectivity index (χ1n) is 11.6. The molecule has 0 radical (unpaired) electrons. The third-order valence-corrected chi connectivity index (χ3v) is 5.92. The lowest BCUT2D eigenvalue weighted by atomic mass is 9.99. The van der Waals surface area contributed by atoms with Gasteiger partial charge in [0.15, 0.2) is 12.2 Å². The summed E-state index contributed by atoms with van der Waals surface area (Å²) in [6.07, 6.45) is -2.39. The standard InChI is InChI=1S/C28H19F3N4O4/c1-15-9-17(24-13-32-14-39-24)11-18(10-15)25-20-5-3-4-6-21(20)27(38)35(34-25)23-12-19(33-16(2)36)7-8-22(23)26(37)28(29,30)31/h3-14H,1-2H3,(H,33,36). The molecule has 1 N–H and O–H groups in total. The molecule has 39 heavy (non-hydrogen) atoms. The van der Waals surface area contributed by atoms with Gasteiger partial charge in [-0.25, -0.2) is 4.98 Å². The Morgan fingerprint density at radius 2 is 1.69 bits per heavy atom. The summed E-state index contributed by atoms with van der Waals surface area (Å²) in [5.41, 5.74) is 0.451. The zero-order valence-corrected chi connectivity index (χ0v) is 20.5. The fourth-order valence-corrected chi connectivity index (χ4v) is 4.32. The first-order valence-corrected chi connectivity index (χ1v) is 11.6. The van der Waals surface area contributed by atoms with Crippen molar-refractivity contribution in [1.82, 2.24) is 14.8 Å². The second-order valence-electron chi connectivity index (χ2n) is 8.80. The highest BCUT2D eigenvalue weighted by Crippen LogP contribution is 2.32. The van der Waals surface area contributed by atoms with Crippen LogP contribution in [0, 0.1) is 6.92 Å². The summed E-state index contributed by atoms with van der Waals surface area (Å²) in [6, 6.07) is 15.1. The van der Waals surface area contributed by atoms with Gasteiger partial charge in [-0.15, -0.1) is 0 Å². The van der Waals surface area contributed by atoms with Crippen molar-refractivity contribution >= 4 is 28.2 Å². The second-order valence-corrected chi connectivity index (χ2v) is 8.80. The van der Waals surface area contributed by atoms with Crippen molar-refractivity contribution in [3.63, 3.8) is 0 Å². The Labute approximate surface area is 218 Å². The van der Waals surface area contributed by atoms with E-state index in [1.54, 1.807) is 30.3 Å². The Morgan fingerprint density at radius 1 is 0.974 bits per heavy atom. The van der Waals surface area contributed by atoms with Gasteiger partial charge in [-0.05, 0) is 55.0 Å². The molecule has 196 valence electrons. The van der Waals surface area contributed by atoms with Crippen LogP contribution in [0.15, 0.2) is 82.5 Å². The lowest BCUT2D eigenvalue weighted by Crippen LogP contribution is -2.28. The Kier molecular flexibility index (Phi) is 6.35. The maximum atomic E-state index is 13.6. The van der Waals surface area contributed by atoms with Crippen LogP contribution in [0.25, 0.3) is 39.0 Å². The molecule has 2 heterocycles. The number of ketones is 1. The molecule has 0 fully saturated rings. The van der Waals surface area contributed by atoms with E-state index in [9.17, 15) is 27.6 Å². The summed E-state index contributed by atoms with van der Waals surface area (Å²) in [5, 5.41) is 7.56. The number of fused-ring (bicyclic) bond motifs is 1. The summed E-state index contributed by atoms with van der Waals surface area (Å²) < 4.78 is 46.7. The van der Waals surface area contributed by atoms with Crippen LogP contribution in [0.2, 0.25) is 0 Å². The van der Waals surface area contributed by atoms with E-state index in [1.807, 2.05) is 13.0 Å². The van der Waals surface area contributed by atoms with Crippen LogP contribution in [0.4, 0.5) is 18.9 Å². The van der Waals surface area contributed by atoms with Crippen LogP contribution >= 0.6 is 0 Å². The maximum Gasteiger partial charge on any atom is 0.454 e. The highest BCUT2D eigenvalue weighted by Gasteiger charge is 2.41. The van der Waals surface area contributed by atoms with Crippen molar-refractivity contribution in [2.24, 2.45) is 0 Å². The second kappa shape index (κ2) is 9.67. The minimum atomic E-state index is -5.21. The molecule has 0 aliphatic heterocycles. The molecule has 0 unspecified atom stereocenters. The number of aryl methyl sites for hydroxylation is 1. The van der Waals surface area contributed by atoms with Crippen LogP contribution in [0.3, 0.4) is 0 Å². The number of carbonyl (C=O) groups is 2. The number of amides is 1. The van der Waals surface area contributed by atoms with Crippen LogP contribution < -0.4 is 10.9 Å². The number of carbonyl (C=O) groups excluding carboxylic acids is 2. The summed E-state index contributed by atoms with van der Waals surface area (Å²) in [4.78, 5) is 41.5. The van der Waals surface area contributed by atoms with Gasteiger partial charge in [0.2, 0.25) is 5.91 Å². The molecule has 0 saturated carbocycles. The number of rotatable bonds is 5. The predicted octanol–water partition coefficient (Wildman–Crippen LogP) is 5.72. The molecule has 0 spiro atoms. The molecule has 5 rings (SSSR count). The fourth-order valence-electron chi connectivity index (χ4n) is 4.32. The average Bonchev–Trinajstić information content (AvgIpc) is 3.43. The number of nitrogens with zero attached hydrogens (tertiary/aromatic N) is 3. The number of anilines is 1. The first kappa shape index (κ1) is 25.6. The molecule has 1 amide bonds. The summed E-state index contributed by atoms with van der Waals surface area (Å²) >= 11 is 0. The van der Waals surface area contributed by atoms with Crippen molar-refractivity contribution < 1.29 is 27.2 Å². The zero-order valence-electron chi connectivity index (χ0n) is 20.5. The number of alkyl halides is 3. The fraction of sp³-hybridized carbons (Fsp3) is 0.107. The Morgan fingerprint density at radius 3 is 2.36 bits per heavy atom. The van der Waals surface area contributed by atoms with Crippen LogP contribution in [0.5, 0.6) is 0 Å². The van der Waals surface area contributed by atoms with E-state index in [4.69, 9.17) is 4.42 Å². The molecule has 0 atom stereocenters. The number of halogens is 3. The van der Waals surface area contributed by atoms with E-state index in [0.717, 1.165) is 28.4 Å². The third kappa shape index (κ3) is 4.93. The predicted molar refractivity (Wildman–Crippen MR) is 138 cm³/mol. The zero-order chi connectivity index (χ0) is 27.9. The third-order valence-electron chi connectivity index (χ3n) is 5.92. The van der Waals surface area contributed by atoms with E-state index in [0.29, 0.717) is 22.3 Å². The number of hydrogen-bond acceptors (Lipinski definition) is 6. The van der Waals surface area contributed by atoms with E-state index in [-0.39, 0.29) is 16.8 Å². The summed E-state index contributed by atoms with van der Waals surface area (Å²) in [6.45, 7) is 3.06. The summed E-state index contributed by atoms with van der Waals surface area (Å²) in [7, 11) is 0. The number of benzene rings is 3. The van der Waals surface area contributed by atoms with Crippen molar-refractivity contribution in [2.45, 2.75) is 20.0 Å². The minimum Gasteiger partial charge on any atom is -0.444 e. The largest absolute Gasteiger partial charge is 0.454 e. The number of hydrogen-bond donors (Lipinski definition) is 1. The van der Waals surface area contributed by atoms with Gasteiger partial charge >= 0.3 is 6.18 Å². The molecule has 8 nitrogen and oxygen atoms in total. The molecule has 5 aromatic rings. The highest BCUT2D eigenvalue weighted by molar-refractivity contribution is 6.04. The molecular weight excluding hydrogens is 513 g/mol. The van der Waals surface area contributed by atoms with E-state index in [2.05, 4.69) is 15.4 Å². The van der Waals surface area contributed by atoms with Gasteiger partial charge in [-0.3, -0.25) is 14.4 Å². The number of aromatic nitrogens is 3. The minimum absolute atomic E-state index is 0.0859. The lowest BCUT2D eigenvalue weighted by molar-refractivity contribution is -0.114. The van der Waals surface area contributed by atoms with Gasteiger partial charge in [-0.1, -0.05) is 18.2 Å². The van der Waals surface area contributed by atoms with Gasteiger partial charge in [0.25, 0.3) is 11.3 Å². The van der Waals surface area contributed by atoms with Gasteiger partial charge in [0, 0.05) is 29.1 Å². The average molecular weight is 532 g/mol. The molecule has 0 aliphatic rings. The molecule has 2 aromatic heterocycles. The molecule has 0 bridgehead atoms. The molecule has 0 aliphatic carbocycles. The monoisotopic (exact) mass is 532 g/mol. The van der Waals surface area contributed by atoms with Gasteiger partial charge < -0.3 is 9.73 Å². The van der Waals surface area contributed by atoms with Crippen molar-refractivity contribution in [1.29, 1.82) is 0 Å². The SMILES string of the molecule is CC(=O)Nc1ccc(C(=O)C(F)(F)F)c(-n2nc(-c3cc(C)cc(-c4cnco4)c3)c3ccccc3c2=O)c1. The van der Waals surface area contributed by atoms with Crippen LogP contribution in [-0.4, -0.2) is 32.6 Å². The quantitative estimate of drug-likeness (QED) is 0.290. The van der Waals surface area contributed by atoms with Crippen molar-refractivity contribution in [3.05, 3.63) is 94.7 Å². The molecule has 0 saturated heterocycles. The first-order chi connectivity index (χ1) is 18.5. The van der Waals surface area contributed by atoms with E-state index < -0.39 is 34.7 Å². The molecular formula is C28H19F3N4O4. The van der Waals surface area contributed by atoms with Gasteiger partial charge in [0.1, 0.15) is 0 Å². The number of nitrogens with one attached hydrogen (secondary N) is 1. The number of Topliss-reactive ketones (excluding diaryl/α,β-unsaturated/α-hetero) is 1. The molecule has 11 heteroatoms. The van der Waals surface area contributed by atoms with E-state index in [1.165, 1.54) is 25.6 Å². The summed E-state index contributed by atoms with van der Waals surface area (Å²) in [5.74, 6) is -2.16. The Hall–Kier alpha value is -5.06. The van der Waals surface area contributed by atoms with Crippen molar-refractivity contribution in [3.8, 4) is 28.3 Å². The lowest BCUT2D eigenvalue weighted by Gasteiger charge is -2.16. The topological polar surface area (TPSA) is 107 Å². The van der Waals surface area contributed by atoms with Crippen LogP contribution in [0.1, 0.15) is 22.8 Å². The number of oxazole rings is 1.